The quantitative estimate of drug-likeness (QED) is 0.449. The minimum atomic E-state index is -0.537. The van der Waals surface area contributed by atoms with Gasteiger partial charge in [-0.1, -0.05) is 55.8 Å². The van der Waals surface area contributed by atoms with Gasteiger partial charge in [0.05, 0.1) is 30.4 Å². The van der Waals surface area contributed by atoms with Crippen LogP contribution in [0.25, 0.3) is 0 Å². The molecule has 0 bridgehead atoms. The van der Waals surface area contributed by atoms with Gasteiger partial charge in [0.25, 0.3) is 0 Å². The highest BCUT2D eigenvalue weighted by molar-refractivity contribution is 5.97. The third-order valence-electron chi connectivity index (χ3n) is 7.58. The lowest BCUT2D eigenvalue weighted by Gasteiger charge is -2.41. The van der Waals surface area contributed by atoms with Crippen molar-refractivity contribution in [2.45, 2.75) is 44.7 Å². The van der Waals surface area contributed by atoms with E-state index in [0.29, 0.717) is 5.69 Å². The number of esters is 1. The maximum Gasteiger partial charge on any atom is 0.340 e. The van der Waals surface area contributed by atoms with Crippen molar-refractivity contribution in [3.05, 3.63) is 94.3 Å². The van der Waals surface area contributed by atoms with E-state index in [-0.39, 0.29) is 23.1 Å². The molecule has 36 heavy (non-hydrogen) atoms. The summed E-state index contributed by atoms with van der Waals surface area (Å²) in [7, 11) is 1.33. The molecule has 188 valence electrons. The third-order valence-corrected chi connectivity index (χ3v) is 7.58. The van der Waals surface area contributed by atoms with Gasteiger partial charge in [-0.3, -0.25) is 0 Å². The van der Waals surface area contributed by atoms with Gasteiger partial charge >= 0.3 is 5.97 Å². The van der Waals surface area contributed by atoms with Crippen molar-refractivity contribution in [1.29, 1.82) is 0 Å². The van der Waals surface area contributed by atoms with Crippen molar-refractivity contribution < 1.29 is 13.9 Å². The van der Waals surface area contributed by atoms with Crippen molar-refractivity contribution >= 4 is 17.3 Å². The number of carbonyl (C=O) groups is 1. The molecule has 0 aromatic heterocycles. The van der Waals surface area contributed by atoms with Crippen LogP contribution in [-0.2, 0) is 10.2 Å². The smallest absolute Gasteiger partial charge is 0.340 e. The van der Waals surface area contributed by atoms with E-state index in [1.54, 1.807) is 0 Å². The van der Waals surface area contributed by atoms with Gasteiger partial charge in [0.2, 0.25) is 0 Å². The summed E-state index contributed by atoms with van der Waals surface area (Å²) in [6.07, 6.45) is 0.774. The molecule has 1 saturated heterocycles. The fraction of sp³-hybridized carbons (Fsp3) is 0.367. The Bertz CT molecular complexity index is 1270. The molecule has 0 saturated carbocycles. The highest BCUT2D eigenvalue weighted by atomic mass is 19.1. The molecule has 3 aromatic carbocycles. The standard InChI is InChI=1S/C30H34FN3O2/c1-19-8-10-20(11-9-19)27-18-32-12-13-34(27)23-7-5-6-21(14-23)26-17-30(2,3)25-16-22(31)15-24(28(25)33-26)29(35)36-4/h5-11,14-16,26-27,32-33H,12-13,17-18H2,1-4H3. The Morgan fingerprint density at radius 3 is 2.61 bits per heavy atom. The lowest BCUT2D eigenvalue weighted by molar-refractivity contribution is 0.0601. The zero-order valence-electron chi connectivity index (χ0n) is 21.4. The monoisotopic (exact) mass is 487 g/mol. The second-order valence-electron chi connectivity index (χ2n) is 10.6. The van der Waals surface area contributed by atoms with Crippen molar-refractivity contribution in [2.24, 2.45) is 0 Å². The van der Waals surface area contributed by atoms with Crippen molar-refractivity contribution in [3.63, 3.8) is 0 Å². The van der Waals surface area contributed by atoms with Crippen LogP contribution in [0.4, 0.5) is 15.8 Å². The van der Waals surface area contributed by atoms with E-state index >= 15 is 0 Å². The Balaban J connectivity index is 1.50. The fourth-order valence-electron chi connectivity index (χ4n) is 5.63. The minimum absolute atomic E-state index is 0.0259. The van der Waals surface area contributed by atoms with Crippen LogP contribution < -0.4 is 15.5 Å². The van der Waals surface area contributed by atoms with Crippen LogP contribution in [0.15, 0.2) is 60.7 Å². The molecule has 0 radical (unpaired) electrons. The molecule has 5 nitrogen and oxygen atoms in total. The van der Waals surface area contributed by atoms with Crippen molar-refractivity contribution in [1.82, 2.24) is 5.32 Å². The summed E-state index contributed by atoms with van der Waals surface area (Å²) in [6, 6.07) is 20.5. The predicted octanol–water partition coefficient (Wildman–Crippen LogP) is 5.91. The molecule has 0 aliphatic carbocycles. The van der Waals surface area contributed by atoms with E-state index in [0.717, 1.165) is 37.2 Å². The Hall–Kier alpha value is -3.38. The fourth-order valence-corrected chi connectivity index (χ4v) is 5.63. The number of aryl methyl sites for hydroxylation is 1. The minimum Gasteiger partial charge on any atom is -0.465 e. The first-order valence-corrected chi connectivity index (χ1v) is 12.6. The molecule has 0 amide bonds. The highest BCUT2D eigenvalue weighted by Crippen LogP contribution is 2.46. The summed E-state index contributed by atoms with van der Waals surface area (Å²) >= 11 is 0. The zero-order valence-corrected chi connectivity index (χ0v) is 21.4. The first kappa shape index (κ1) is 24.3. The second-order valence-corrected chi connectivity index (χ2v) is 10.6. The third kappa shape index (κ3) is 4.58. The summed E-state index contributed by atoms with van der Waals surface area (Å²) < 4.78 is 19.4. The molecule has 2 atom stereocenters. The SMILES string of the molecule is COC(=O)c1cc(F)cc2c1NC(c1cccc(N3CCNCC3c3ccc(C)cc3)c1)CC2(C)C. The molecule has 6 heteroatoms. The summed E-state index contributed by atoms with van der Waals surface area (Å²) in [4.78, 5) is 15.0. The number of anilines is 2. The molecule has 2 unspecified atom stereocenters. The summed E-state index contributed by atoms with van der Waals surface area (Å²) in [5.41, 5.74) is 6.26. The number of carbonyl (C=O) groups excluding carboxylic acids is 1. The van der Waals surface area contributed by atoms with Crippen LogP contribution in [0.3, 0.4) is 0 Å². The van der Waals surface area contributed by atoms with Crippen LogP contribution in [0.5, 0.6) is 0 Å². The van der Waals surface area contributed by atoms with Crippen LogP contribution in [0.1, 0.15) is 65.0 Å². The first-order chi connectivity index (χ1) is 17.3. The van der Waals surface area contributed by atoms with E-state index in [1.165, 1.54) is 36.1 Å². The molecule has 2 aliphatic heterocycles. The number of nitrogens with one attached hydrogen (secondary N) is 2. The molecule has 2 aliphatic rings. The van der Waals surface area contributed by atoms with E-state index in [2.05, 4.69) is 84.8 Å². The number of rotatable bonds is 4. The number of benzene rings is 3. The molecule has 2 heterocycles. The maximum atomic E-state index is 14.4. The van der Waals surface area contributed by atoms with Gasteiger partial charge in [0.15, 0.2) is 0 Å². The van der Waals surface area contributed by atoms with E-state index in [4.69, 9.17) is 4.74 Å². The Labute approximate surface area is 212 Å². The Kier molecular flexibility index (Phi) is 6.47. The van der Waals surface area contributed by atoms with E-state index in [9.17, 15) is 9.18 Å². The second kappa shape index (κ2) is 9.58. The van der Waals surface area contributed by atoms with Gasteiger partial charge in [-0.05, 0) is 59.7 Å². The lowest BCUT2D eigenvalue weighted by atomic mass is 9.73. The van der Waals surface area contributed by atoms with Crippen LogP contribution in [0.2, 0.25) is 0 Å². The highest BCUT2D eigenvalue weighted by Gasteiger charge is 2.37. The number of hydrogen-bond acceptors (Lipinski definition) is 5. The number of hydrogen-bond donors (Lipinski definition) is 2. The van der Waals surface area contributed by atoms with Gasteiger partial charge in [-0.25, -0.2) is 9.18 Å². The predicted molar refractivity (Wildman–Crippen MR) is 142 cm³/mol. The van der Waals surface area contributed by atoms with Gasteiger partial charge in [0.1, 0.15) is 5.82 Å². The molecule has 1 fully saturated rings. The average molecular weight is 488 g/mol. The van der Waals surface area contributed by atoms with Gasteiger partial charge in [-0.2, -0.15) is 0 Å². The maximum absolute atomic E-state index is 14.4. The number of fused-ring (bicyclic) bond motifs is 1. The summed E-state index contributed by atoms with van der Waals surface area (Å²) in [6.45, 7) is 9.06. The lowest BCUT2D eigenvalue weighted by Crippen LogP contribution is -2.46. The zero-order chi connectivity index (χ0) is 25.4. The summed E-state index contributed by atoms with van der Waals surface area (Å²) in [5.74, 6) is -0.962. The van der Waals surface area contributed by atoms with Gasteiger partial charge in [0, 0.05) is 25.3 Å². The van der Waals surface area contributed by atoms with Crippen molar-refractivity contribution in [3.8, 4) is 0 Å². The van der Waals surface area contributed by atoms with Crippen LogP contribution in [-0.4, -0.2) is 32.7 Å². The molecular weight excluding hydrogens is 453 g/mol. The molecular formula is C30H34FN3O2. The van der Waals surface area contributed by atoms with Crippen LogP contribution >= 0.6 is 0 Å². The molecule has 5 rings (SSSR count). The number of ether oxygens (including phenoxy) is 1. The van der Waals surface area contributed by atoms with E-state index < -0.39 is 11.8 Å². The number of piperazine rings is 1. The Morgan fingerprint density at radius 1 is 1.08 bits per heavy atom. The number of halogens is 1. The molecule has 2 N–H and O–H groups in total. The number of nitrogens with zero attached hydrogens (tertiary/aromatic N) is 1. The molecule has 0 spiro atoms. The van der Waals surface area contributed by atoms with Crippen molar-refractivity contribution in [2.75, 3.05) is 37.0 Å². The van der Waals surface area contributed by atoms with Gasteiger partial charge < -0.3 is 20.3 Å². The molecule has 3 aromatic rings. The van der Waals surface area contributed by atoms with E-state index in [1.807, 2.05) is 0 Å². The van der Waals surface area contributed by atoms with Crippen LogP contribution in [0, 0.1) is 12.7 Å². The van der Waals surface area contributed by atoms with Gasteiger partial charge in [-0.15, -0.1) is 0 Å². The number of methoxy groups -OCH3 is 1. The normalized spacial score (nSPS) is 20.9. The topological polar surface area (TPSA) is 53.6 Å². The average Bonchev–Trinajstić information content (AvgIpc) is 2.88. The largest absolute Gasteiger partial charge is 0.465 e. The first-order valence-electron chi connectivity index (χ1n) is 12.6. The Morgan fingerprint density at radius 2 is 1.86 bits per heavy atom. The summed E-state index contributed by atoms with van der Waals surface area (Å²) in [5, 5.41) is 7.11.